The minimum atomic E-state index is -3.88. The molecule has 8 heteroatoms. The molecule has 1 unspecified atom stereocenters. The minimum Gasteiger partial charge on any atom is -0.493 e. The fourth-order valence-electron chi connectivity index (χ4n) is 4.36. The molecule has 0 aromatic heterocycles. The predicted molar refractivity (Wildman–Crippen MR) is 124 cm³/mol. The summed E-state index contributed by atoms with van der Waals surface area (Å²) in [6.45, 7) is 5.23. The van der Waals surface area contributed by atoms with Gasteiger partial charge in [-0.1, -0.05) is 11.6 Å². The first kappa shape index (κ1) is 23.1. The average molecular weight is 478 g/mol. The first-order valence-electron chi connectivity index (χ1n) is 11.0. The van der Waals surface area contributed by atoms with Gasteiger partial charge in [0.15, 0.2) is 5.78 Å². The molecular formula is C24H28ClNO5S. The van der Waals surface area contributed by atoms with E-state index in [2.05, 4.69) is 0 Å². The van der Waals surface area contributed by atoms with Crippen molar-refractivity contribution in [2.45, 2.75) is 50.5 Å². The van der Waals surface area contributed by atoms with Gasteiger partial charge in [0.2, 0.25) is 0 Å². The molecule has 2 aromatic carbocycles. The molecule has 0 amide bonds. The Hall–Kier alpha value is -2.09. The molecular weight excluding hydrogens is 450 g/mol. The normalized spacial score (nSPS) is 19.5. The molecule has 0 bridgehead atoms. The van der Waals surface area contributed by atoms with Crippen LogP contribution in [-0.2, 0) is 21.2 Å². The van der Waals surface area contributed by atoms with Gasteiger partial charge in [-0.05, 0) is 87.4 Å². The molecule has 2 aromatic rings. The highest BCUT2D eigenvalue weighted by atomic mass is 35.5. The van der Waals surface area contributed by atoms with E-state index in [0.717, 1.165) is 24.8 Å². The van der Waals surface area contributed by atoms with Gasteiger partial charge in [-0.2, -0.15) is 0 Å². The molecule has 32 heavy (non-hydrogen) atoms. The zero-order chi connectivity index (χ0) is 22.9. The average Bonchev–Trinajstić information content (AvgIpc) is 2.78. The number of ether oxygens (including phenoxy) is 2. The maximum absolute atomic E-state index is 13.7. The predicted octanol–water partition coefficient (Wildman–Crippen LogP) is 4.88. The second-order valence-electron chi connectivity index (χ2n) is 8.54. The molecule has 1 atom stereocenters. The van der Waals surface area contributed by atoms with Gasteiger partial charge in [-0.25, -0.2) is 8.42 Å². The lowest BCUT2D eigenvalue weighted by Crippen LogP contribution is -2.42. The Morgan fingerprint density at radius 1 is 1.16 bits per heavy atom. The molecule has 6 nitrogen and oxygen atoms in total. The number of rotatable bonds is 6. The van der Waals surface area contributed by atoms with Crippen molar-refractivity contribution in [3.05, 3.63) is 52.5 Å². The van der Waals surface area contributed by atoms with Crippen LogP contribution in [0.5, 0.6) is 5.75 Å². The van der Waals surface area contributed by atoms with Crippen molar-refractivity contribution >= 4 is 33.1 Å². The summed E-state index contributed by atoms with van der Waals surface area (Å²) in [6.07, 6.45) is 3.29. The summed E-state index contributed by atoms with van der Waals surface area (Å²) >= 11 is 6.12. The number of hydrogen-bond acceptors (Lipinski definition) is 5. The SMILES string of the molecule is CC(=O)c1cc(S(=O)(=O)N2c3ccc(Cl)cc3CCC2C)ccc1OCC1CCOCC1. The van der Waals surface area contributed by atoms with E-state index in [1.165, 1.54) is 23.4 Å². The van der Waals surface area contributed by atoms with Gasteiger partial charge in [0, 0.05) is 24.3 Å². The van der Waals surface area contributed by atoms with E-state index in [9.17, 15) is 13.2 Å². The number of carbonyl (C=O) groups excluding carboxylic acids is 1. The lowest BCUT2D eigenvalue weighted by atomic mass is 9.99. The number of hydrogen-bond donors (Lipinski definition) is 0. The van der Waals surface area contributed by atoms with Crippen molar-refractivity contribution < 1.29 is 22.7 Å². The van der Waals surface area contributed by atoms with E-state index in [1.54, 1.807) is 18.2 Å². The highest BCUT2D eigenvalue weighted by molar-refractivity contribution is 7.92. The second kappa shape index (κ2) is 9.41. The number of Topliss-reactive ketones (excluding diaryl/α,β-unsaturated/α-hetero) is 1. The summed E-state index contributed by atoms with van der Waals surface area (Å²) in [5.74, 6) is 0.550. The van der Waals surface area contributed by atoms with Crippen LogP contribution in [0.15, 0.2) is 41.3 Å². The van der Waals surface area contributed by atoms with E-state index in [-0.39, 0.29) is 22.3 Å². The summed E-state index contributed by atoms with van der Waals surface area (Å²) in [5, 5.41) is 0.584. The standard InChI is InChI=1S/C24H28ClNO5S/c1-16-3-4-19-13-20(25)5-7-23(19)26(16)32(28,29)21-6-8-24(22(14-21)17(2)27)31-15-18-9-11-30-12-10-18/h5-8,13-14,16,18H,3-4,9-12,15H2,1-2H3. The number of halogens is 1. The Morgan fingerprint density at radius 3 is 2.62 bits per heavy atom. The third-order valence-corrected chi connectivity index (χ3v) is 8.37. The van der Waals surface area contributed by atoms with E-state index in [1.807, 2.05) is 13.0 Å². The largest absolute Gasteiger partial charge is 0.493 e. The summed E-state index contributed by atoms with van der Waals surface area (Å²) in [4.78, 5) is 12.4. The van der Waals surface area contributed by atoms with Crippen LogP contribution in [0.1, 0.15) is 49.0 Å². The van der Waals surface area contributed by atoms with Crippen LogP contribution in [0.3, 0.4) is 0 Å². The van der Waals surface area contributed by atoms with Crippen molar-refractivity contribution in [1.29, 1.82) is 0 Å². The maximum atomic E-state index is 13.7. The van der Waals surface area contributed by atoms with Crippen molar-refractivity contribution in [1.82, 2.24) is 0 Å². The maximum Gasteiger partial charge on any atom is 0.264 e. The fourth-order valence-corrected chi connectivity index (χ4v) is 6.30. The van der Waals surface area contributed by atoms with Crippen molar-refractivity contribution in [2.24, 2.45) is 5.92 Å². The molecule has 4 rings (SSSR count). The Morgan fingerprint density at radius 2 is 1.91 bits per heavy atom. The Bertz CT molecular complexity index is 1110. The zero-order valence-electron chi connectivity index (χ0n) is 18.3. The molecule has 0 N–H and O–H groups in total. The van der Waals surface area contributed by atoms with Crippen molar-refractivity contribution in [3.63, 3.8) is 0 Å². The van der Waals surface area contributed by atoms with Gasteiger partial charge in [0.1, 0.15) is 5.75 Å². The molecule has 0 aliphatic carbocycles. The molecule has 0 saturated carbocycles. The summed E-state index contributed by atoms with van der Waals surface area (Å²) in [6, 6.07) is 9.63. The van der Waals surface area contributed by atoms with Crippen LogP contribution < -0.4 is 9.04 Å². The molecule has 2 aliphatic heterocycles. The number of anilines is 1. The summed E-state index contributed by atoms with van der Waals surface area (Å²) in [5.41, 5.74) is 1.82. The monoisotopic (exact) mass is 477 g/mol. The lowest BCUT2D eigenvalue weighted by molar-refractivity contribution is 0.0495. The number of sulfonamides is 1. The highest BCUT2D eigenvalue weighted by Gasteiger charge is 2.34. The number of fused-ring (bicyclic) bond motifs is 1. The van der Waals surface area contributed by atoms with Crippen molar-refractivity contribution in [3.8, 4) is 5.75 Å². The Labute approximate surface area is 194 Å². The molecule has 0 spiro atoms. The van der Waals surface area contributed by atoms with Crippen LogP contribution in [-0.4, -0.2) is 40.1 Å². The third kappa shape index (κ3) is 4.65. The molecule has 2 heterocycles. The van der Waals surface area contributed by atoms with Gasteiger partial charge >= 0.3 is 0 Å². The minimum absolute atomic E-state index is 0.0794. The topological polar surface area (TPSA) is 72.9 Å². The molecule has 2 aliphatic rings. The lowest BCUT2D eigenvalue weighted by Gasteiger charge is -2.36. The number of aryl methyl sites for hydroxylation is 1. The summed E-state index contributed by atoms with van der Waals surface area (Å²) in [7, 11) is -3.88. The van der Waals surface area contributed by atoms with Gasteiger partial charge < -0.3 is 9.47 Å². The van der Waals surface area contributed by atoms with Crippen LogP contribution in [0.25, 0.3) is 0 Å². The number of nitrogens with zero attached hydrogens (tertiary/aromatic N) is 1. The highest BCUT2D eigenvalue weighted by Crippen LogP contribution is 2.37. The van der Waals surface area contributed by atoms with E-state index in [0.29, 0.717) is 48.6 Å². The van der Waals surface area contributed by atoms with Crippen LogP contribution in [0, 0.1) is 5.92 Å². The third-order valence-electron chi connectivity index (χ3n) is 6.21. The summed E-state index contributed by atoms with van der Waals surface area (Å²) < 4.78 is 40.1. The smallest absolute Gasteiger partial charge is 0.264 e. The van der Waals surface area contributed by atoms with Gasteiger partial charge in [-0.15, -0.1) is 0 Å². The van der Waals surface area contributed by atoms with Crippen LogP contribution in [0.4, 0.5) is 5.69 Å². The second-order valence-corrected chi connectivity index (χ2v) is 10.8. The molecule has 1 fully saturated rings. The van der Waals surface area contributed by atoms with Gasteiger partial charge in [-0.3, -0.25) is 9.10 Å². The van der Waals surface area contributed by atoms with Gasteiger partial charge in [0.25, 0.3) is 10.0 Å². The number of ketones is 1. The van der Waals surface area contributed by atoms with Gasteiger partial charge in [0.05, 0.1) is 22.8 Å². The Balaban J connectivity index is 1.65. The van der Waals surface area contributed by atoms with E-state index < -0.39 is 10.0 Å². The van der Waals surface area contributed by atoms with Crippen LogP contribution >= 0.6 is 11.6 Å². The first-order chi connectivity index (χ1) is 15.3. The zero-order valence-corrected chi connectivity index (χ0v) is 19.9. The number of benzene rings is 2. The Kier molecular flexibility index (Phi) is 6.79. The fraction of sp³-hybridized carbons (Fsp3) is 0.458. The van der Waals surface area contributed by atoms with Crippen LogP contribution in [0.2, 0.25) is 5.02 Å². The first-order valence-corrected chi connectivity index (χ1v) is 12.8. The number of carbonyl (C=O) groups is 1. The molecule has 1 saturated heterocycles. The quantitative estimate of drug-likeness (QED) is 0.554. The van der Waals surface area contributed by atoms with E-state index in [4.69, 9.17) is 21.1 Å². The molecule has 0 radical (unpaired) electrons. The molecule has 172 valence electrons. The van der Waals surface area contributed by atoms with Crippen molar-refractivity contribution in [2.75, 3.05) is 24.1 Å². The van der Waals surface area contributed by atoms with E-state index >= 15 is 0 Å².